The summed E-state index contributed by atoms with van der Waals surface area (Å²) in [5.41, 5.74) is 0. The quantitative estimate of drug-likeness (QED) is 0.654. The second kappa shape index (κ2) is 7.42. The second-order valence-corrected chi connectivity index (χ2v) is 8.75. The zero-order valence-corrected chi connectivity index (χ0v) is 14.6. The molecule has 0 unspecified atom stereocenters. The maximum absolute atomic E-state index is 11.7. The summed E-state index contributed by atoms with van der Waals surface area (Å²) in [6, 6.07) is 31.0. The number of ketones is 1. The first-order chi connectivity index (χ1) is 11.7. The molecule has 24 heavy (non-hydrogen) atoms. The zero-order valence-electron chi connectivity index (χ0n) is 13.7. The first-order valence-electron chi connectivity index (χ1n) is 7.98. The van der Waals surface area contributed by atoms with E-state index in [-0.39, 0.29) is 12.3 Å². The van der Waals surface area contributed by atoms with Crippen molar-refractivity contribution in [3.8, 4) is 0 Å². The second-order valence-electron chi connectivity index (χ2n) is 5.64. The fourth-order valence-electron chi connectivity index (χ4n) is 2.83. The first kappa shape index (κ1) is 16.4. The third kappa shape index (κ3) is 3.25. The molecule has 0 radical (unpaired) electrons. The van der Waals surface area contributed by atoms with Gasteiger partial charge in [-0.25, -0.2) is 0 Å². The van der Waals surface area contributed by atoms with Crippen molar-refractivity contribution >= 4 is 28.8 Å². The van der Waals surface area contributed by atoms with Crippen LogP contribution in [0.4, 0.5) is 0 Å². The van der Waals surface area contributed by atoms with E-state index in [9.17, 15) is 4.79 Å². The molecule has 0 fully saturated rings. The molecular formula is C21H20NOP. The lowest BCUT2D eigenvalue weighted by atomic mass is 10.4. The monoisotopic (exact) mass is 333 g/mol. The molecule has 0 amide bonds. The minimum Gasteiger partial charge on any atom is -0.298 e. The van der Waals surface area contributed by atoms with Crippen molar-refractivity contribution in [2.24, 2.45) is 4.74 Å². The predicted molar refractivity (Wildman–Crippen MR) is 103 cm³/mol. The van der Waals surface area contributed by atoms with Crippen LogP contribution in [0, 0.1) is 0 Å². The highest BCUT2D eigenvalue weighted by molar-refractivity contribution is 7.87. The molecule has 2 nitrogen and oxygen atoms in total. The predicted octanol–water partition coefficient (Wildman–Crippen LogP) is 3.75. The van der Waals surface area contributed by atoms with E-state index >= 15 is 0 Å². The van der Waals surface area contributed by atoms with Crippen molar-refractivity contribution in [3.05, 3.63) is 91.0 Å². The Labute approximate surface area is 143 Å². The zero-order chi connectivity index (χ0) is 16.8. The van der Waals surface area contributed by atoms with E-state index < -0.39 is 7.05 Å². The van der Waals surface area contributed by atoms with Crippen molar-refractivity contribution in [3.63, 3.8) is 0 Å². The molecule has 3 heteroatoms. The van der Waals surface area contributed by atoms with Gasteiger partial charge in [-0.15, -0.1) is 0 Å². The van der Waals surface area contributed by atoms with Crippen LogP contribution in [0.2, 0.25) is 0 Å². The Morgan fingerprint density at radius 1 is 0.708 bits per heavy atom. The molecule has 0 saturated heterocycles. The number of carbonyl (C=O) groups excluding carboxylic acids is 1. The van der Waals surface area contributed by atoms with Gasteiger partial charge in [-0.2, -0.15) is 0 Å². The Morgan fingerprint density at radius 3 is 1.33 bits per heavy atom. The van der Waals surface area contributed by atoms with Gasteiger partial charge in [0.25, 0.3) is 0 Å². The maximum Gasteiger partial charge on any atom is 0.151 e. The van der Waals surface area contributed by atoms with Gasteiger partial charge in [0.15, 0.2) is 5.78 Å². The fraction of sp³-hybridized carbons (Fsp3) is 0.0952. The van der Waals surface area contributed by atoms with Crippen molar-refractivity contribution in [1.82, 2.24) is 0 Å². The molecule has 0 aromatic heterocycles. The number of rotatable bonds is 5. The number of nitrogens with zero attached hydrogens (tertiary/aromatic N) is 1. The molecule has 120 valence electrons. The molecule has 3 aromatic rings. The molecule has 0 N–H and O–H groups in total. The Hall–Kier alpha value is -2.44. The molecule has 0 heterocycles. The maximum atomic E-state index is 11.7. The van der Waals surface area contributed by atoms with Crippen molar-refractivity contribution in [1.29, 1.82) is 0 Å². The van der Waals surface area contributed by atoms with E-state index in [1.807, 2.05) is 54.6 Å². The van der Waals surface area contributed by atoms with E-state index in [2.05, 4.69) is 36.4 Å². The SMILES string of the molecule is CC(=O)CN=P(c1ccccc1)(c1ccccc1)c1ccccc1. The van der Waals surface area contributed by atoms with Crippen LogP contribution in [0.15, 0.2) is 95.7 Å². The largest absolute Gasteiger partial charge is 0.298 e. The Bertz CT molecular complexity index is 755. The molecule has 0 saturated carbocycles. The summed E-state index contributed by atoms with van der Waals surface area (Å²) in [5.74, 6) is 0.0853. The molecule has 0 atom stereocenters. The van der Waals surface area contributed by atoms with Gasteiger partial charge in [0, 0.05) is 15.9 Å². The lowest BCUT2D eigenvalue weighted by Gasteiger charge is -2.26. The van der Waals surface area contributed by atoms with Crippen LogP contribution in [0.1, 0.15) is 6.92 Å². The minimum atomic E-state index is -2.20. The summed E-state index contributed by atoms with van der Waals surface area (Å²) in [7, 11) is -2.20. The Morgan fingerprint density at radius 2 is 1.04 bits per heavy atom. The molecule has 3 aromatic carbocycles. The van der Waals surface area contributed by atoms with Crippen LogP contribution in [-0.2, 0) is 4.79 Å². The Balaban J connectivity index is 2.37. The topological polar surface area (TPSA) is 29.4 Å². The first-order valence-corrected chi connectivity index (χ1v) is 9.72. The van der Waals surface area contributed by atoms with E-state index in [1.54, 1.807) is 6.92 Å². The summed E-state index contributed by atoms with van der Waals surface area (Å²) in [6.07, 6.45) is 0. The van der Waals surface area contributed by atoms with Gasteiger partial charge in [0.05, 0.1) is 13.6 Å². The molecule has 0 aliphatic rings. The lowest BCUT2D eigenvalue weighted by Crippen LogP contribution is -2.26. The summed E-state index contributed by atoms with van der Waals surface area (Å²) >= 11 is 0. The number of hydrogen-bond acceptors (Lipinski definition) is 2. The molecule has 0 spiro atoms. The summed E-state index contributed by atoms with van der Waals surface area (Å²) < 4.78 is 5.03. The van der Waals surface area contributed by atoms with Crippen LogP contribution in [0.5, 0.6) is 0 Å². The molecule has 0 aliphatic heterocycles. The molecule has 0 bridgehead atoms. The average Bonchev–Trinajstić information content (AvgIpc) is 2.65. The minimum absolute atomic E-state index is 0.0853. The third-order valence-corrected chi connectivity index (χ3v) is 7.60. The molecule has 0 aliphatic carbocycles. The smallest absolute Gasteiger partial charge is 0.151 e. The fourth-order valence-corrected chi connectivity index (χ4v) is 6.44. The highest BCUT2D eigenvalue weighted by Gasteiger charge is 2.26. The van der Waals surface area contributed by atoms with Crippen LogP contribution >= 0.6 is 7.05 Å². The van der Waals surface area contributed by atoms with Gasteiger partial charge >= 0.3 is 0 Å². The van der Waals surface area contributed by atoms with E-state index in [0.29, 0.717) is 0 Å². The standard InChI is InChI=1S/C21H20NOP/c1-18(23)17-22-24(19-11-5-2-6-12-19,20-13-7-3-8-14-20)21-15-9-4-10-16-21/h2-16H,17H2,1H3. The van der Waals surface area contributed by atoms with Gasteiger partial charge in [0.2, 0.25) is 0 Å². The van der Waals surface area contributed by atoms with Crippen LogP contribution < -0.4 is 15.9 Å². The van der Waals surface area contributed by atoms with E-state index in [1.165, 1.54) is 15.9 Å². The van der Waals surface area contributed by atoms with Crippen LogP contribution in [0.3, 0.4) is 0 Å². The normalized spacial score (nSPS) is 11.0. The number of carbonyl (C=O) groups is 1. The van der Waals surface area contributed by atoms with E-state index in [0.717, 1.165) is 0 Å². The van der Waals surface area contributed by atoms with Crippen molar-refractivity contribution in [2.75, 3.05) is 6.54 Å². The molecule has 3 rings (SSSR count). The average molecular weight is 333 g/mol. The number of Topliss-reactive ketones (excluding diaryl/α,β-unsaturated/α-hetero) is 1. The third-order valence-electron chi connectivity index (χ3n) is 3.90. The van der Waals surface area contributed by atoms with Gasteiger partial charge in [0.1, 0.15) is 0 Å². The summed E-state index contributed by atoms with van der Waals surface area (Å²) in [4.78, 5) is 11.7. The van der Waals surface area contributed by atoms with Gasteiger partial charge < -0.3 is 0 Å². The number of hydrogen-bond donors (Lipinski definition) is 0. The van der Waals surface area contributed by atoms with Gasteiger partial charge in [-0.1, -0.05) is 91.0 Å². The van der Waals surface area contributed by atoms with Crippen molar-refractivity contribution < 1.29 is 4.79 Å². The van der Waals surface area contributed by atoms with Crippen LogP contribution in [-0.4, -0.2) is 12.3 Å². The highest BCUT2D eigenvalue weighted by atomic mass is 31.2. The lowest BCUT2D eigenvalue weighted by molar-refractivity contribution is -0.115. The van der Waals surface area contributed by atoms with Crippen LogP contribution in [0.25, 0.3) is 0 Å². The van der Waals surface area contributed by atoms with Crippen molar-refractivity contribution in [2.45, 2.75) is 6.92 Å². The number of benzene rings is 3. The summed E-state index contributed by atoms with van der Waals surface area (Å²) in [6.45, 7) is 1.83. The Kier molecular flexibility index (Phi) is 5.08. The van der Waals surface area contributed by atoms with E-state index in [4.69, 9.17) is 4.74 Å². The summed E-state index contributed by atoms with van der Waals surface area (Å²) in [5, 5.41) is 3.51. The molecular weight excluding hydrogens is 313 g/mol. The highest BCUT2D eigenvalue weighted by Crippen LogP contribution is 2.46. The van der Waals surface area contributed by atoms with Gasteiger partial charge in [-0.3, -0.25) is 9.54 Å². The van der Waals surface area contributed by atoms with Gasteiger partial charge in [-0.05, 0) is 6.92 Å².